The van der Waals surface area contributed by atoms with E-state index in [9.17, 15) is 4.79 Å². The summed E-state index contributed by atoms with van der Waals surface area (Å²) < 4.78 is 5.66. The van der Waals surface area contributed by atoms with Crippen LogP contribution in [-0.4, -0.2) is 22.8 Å². The smallest absolute Gasteiger partial charge is 0.181 e. The van der Waals surface area contributed by atoms with E-state index in [2.05, 4.69) is 4.98 Å². The molecule has 0 spiro atoms. The predicted molar refractivity (Wildman–Crippen MR) is 77.2 cm³/mol. The summed E-state index contributed by atoms with van der Waals surface area (Å²) in [5.74, 6) is 0.609. The zero-order valence-electron chi connectivity index (χ0n) is 11.0. The van der Waals surface area contributed by atoms with Gasteiger partial charge in [0.25, 0.3) is 0 Å². The highest BCUT2D eigenvalue weighted by Crippen LogP contribution is 2.28. The van der Waals surface area contributed by atoms with Crippen molar-refractivity contribution in [3.63, 3.8) is 0 Å². The highest BCUT2D eigenvalue weighted by molar-refractivity contribution is 6.35. The number of rotatable bonds is 5. The van der Waals surface area contributed by atoms with Crippen molar-refractivity contribution in [1.82, 2.24) is 4.98 Å². The molecule has 1 unspecified atom stereocenters. The molecule has 2 rings (SSSR count). The Hall–Kier alpha value is -1.61. The fourth-order valence-electron chi connectivity index (χ4n) is 1.90. The number of halogens is 1. The molecule has 19 heavy (non-hydrogen) atoms. The molecule has 0 N–H and O–H groups in total. The Labute approximate surface area is 117 Å². The number of benzene rings is 1. The molecule has 0 saturated carbocycles. The number of carbonyl (C=O) groups is 1. The average Bonchev–Trinajstić information content (AvgIpc) is 2.43. The molecule has 0 amide bonds. The van der Waals surface area contributed by atoms with E-state index < -0.39 is 5.38 Å². The molecule has 1 heterocycles. The molecule has 0 aliphatic carbocycles. The second-order valence-corrected chi connectivity index (χ2v) is 4.99. The van der Waals surface area contributed by atoms with E-state index in [0.717, 1.165) is 11.8 Å². The third-order valence-electron chi connectivity index (χ3n) is 2.82. The van der Waals surface area contributed by atoms with Gasteiger partial charge in [-0.2, -0.15) is 0 Å². The predicted octanol–water partition coefficient (Wildman–Crippen LogP) is 3.83. The largest absolute Gasteiger partial charge is 0.491 e. The van der Waals surface area contributed by atoms with Gasteiger partial charge in [0.05, 0.1) is 12.0 Å². The number of Topliss-reactive ketones (excluding diaryl/α,β-unsaturated/α-hetero) is 1. The Balaban J connectivity index is 2.55. The van der Waals surface area contributed by atoms with Crippen LogP contribution in [0.3, 0.4) is 0 Å². The van der Waals surface area contributed by atoms with Crippen molar-refractivity contribution >= 4 is 28.3 Å². The van der Waals surface area contributed by atoms with Crippen LogP contribution in [0.2, 0.25) is 0 Å². The molecule has 1 aromatic carbocycles. The fraction of sp³-hybridized carbons (Fsp3) is 0.333. The third kappa shape index (κ3) is 2.87. The molecule has 0 saturated heterocycles. The van der Waals surface area contributed by atoms with Gasteiger partial charge in [-0.05, 0) is 31.5 Å². The molecule has 1 atom stereocenters. The Morgan fingerprint density at radius 2 is 2.21 bits per heavy atom. The van der Waals surface area contributed by atoms with E-state index in [1.54, 1.807) is 25.3 Å². The lowest BCUT2D eigenvalue weighted by Crippen LogP contribution is -2.11. The standard InChI is InChI=1S/C15H16ClNO2/c1-3-9-19-13-7-6-12(15(18)10(2)16)11-5-4-8-17-14(11)13/h4-8,10H,3,9H2,1-2H3. The van der Waals surface area contributed by atoms with Gasteiger partial charge in [0, 0.05) is 17.1 Å². The molecule has 0 fully saturated rings. The number of hydrogen-bond acceptors (Lipinski definition) is 3. The summed E-state index contributed by atoms with van der Waals surface area (Å²) in [6.07, 6.45) is 2.62. The van der Waals surface area contributed by atoms with E-state index in [0.29, 0.717) is 23.4 Å². The SMILES string of the molecule is CCCOc1ccc(C(=O)C(C)Cl)c2cccnc12. The van der Waals surface area contributed by atoms with Gasteiger partial charge in [-0.1, -0.05) is 13.0 Å². The quantitative estimate of drug-likeness (QED) is 0.616. The summed E-state index contributed by atoms with van der Waals surface area (Å²) >= 11 is 5.89. The Morgan fingerprint density at radius 1 is 1.42 bits per heavy atom. The van der Waals surface area contributed by atoms with Crippen molar-refractivity contribution in [1.29, 1.82) is 0 Å². The number of nitrogens with zero attached hydrogens (tertiary/aromatic N) is 1. The van der Waals surface area contributed by atoms with Crippen LogP contribution in [0.25, 0.3) is 10.9 Å². The number of aromatic nitrogens is 1. The molecule has 0 aliphatic rings. The highest BCUT2D eigenvalue weighted by Gasteiger charge is 2.17. The molecular weight excluding hydrogens is 262 g/mol. The second kappa shape index (κ2) is 6.02. The van der Waals surface area contributed by atoms with Crippen molar-refractivity contribution in [2.45, 2.75) is 25.6 Å². The number of pyridine rings is 1. The summed E-state index contributed by atoms with van der Waals surface area (Å²) in [6, 6.07) is 7.23. The molecule has 3 nitrogen and oxygen atoms in total. The summed E-state index contributed by atoms with van der Waals surface area (Å²) in [7, 11) is 0. The lowest BCUT2D eigenvalue weighted by atomic mass is 10.0. The number of fused-ring (bicyclic) bond motifs is 1. The number of ether oxygens (including phenoxy) is 1. The van der Waals surface area contributed by atoms with E-state index in [1.165, 1.54) is 0 Å². The fourth-order valence-corrected chi connectivity index (χ4v) is 2.02. The van der Waals surface area contributed by atoms with Crippen LogP contribution in [0, 0.1) is 0 Å². The van der Waals surface area contributed by atoms with Crippen LogP contribution in [0.1, 0.15) is 30.6 Å². The van der Waals surface area contributed by atoms with Crippen LogP contribution < -0.4 is 4.74 Å². The van der Waals surface area contributed by atoms with Gasteiger partial charge in [-0.3, -0.25) is 9.78 Å². The molecule has 2 aromatic rings. The minimum absolute atomic E-state index is 0.0956. The van der Waals surface area contributed by atoms with E-state index in [4.69, 9.17) is 16.3 Å². The van der Waals surface area contributed by atoms with Gasteiger partial charge in [-0.15, -0.1) is 11.6 Å². The zero-order chi connectivity index (χ0) is 13.8. The molecule has 4 heteroatoms. The van der Waals surface area contributed by atoms with Crippen LogP contribution in [0.15, 0.2) is 30.5 Å². The first-order valence-electron chi connectivity index (χ1n) is 6.34. The number of alkyl halides is 1. The van der Waals surface area contributed by atoms with Gasteiger partial charge in [0.15, 0.2) is 5.78 Å². The number of hydrogen-bond donors (Lipinski definition) is 0. The number of ketones is 1. The Kier molecular flexibility index (Phi) is 4.38. The Morgan fingerprint density at radius 3 is 2.89 bits per heavy atom. The van der Waals surface area contributed by atoms with Crippen LogP contribution in [0.5, 0.6) is 5.75 Å². The summed E-state index contributed by atoms with van der Waals surface area (Å²) in [4.78, 5) is 16.4. The first-order chi connectivity index (χ1) is 9.15. The van der Waals surface area contributed by atoms with Gasteiger partial charge in [0.1, 0.15) is 11.3 Å². The van der Waals surface area contributed by atoms with Crippen molar-refractivity contribution < 1.29 is 9.53 Å². The second-order valence-electron chi connectivity index (χ2n) is 4.34. The van der Waals surface area contributed by atoms with Gasteiger partial charge >= 0.3 is 0 Å². The lowest BCUT2D eigenvalue weighted by molar-refractivity contribution is 0.0993. The summed E-state index contributed by atoms with van der Waals surface area (Å²) in [6.45, 7) is 4.35. The number of carbonyl (C=O) groups excluding carboxylic acids is 1. The van der Waals surface area contributed by atoms with E-state index in [1.807, 2.05) is 19.1 Å². The van der Waals surface area contributed by atoms with Crippen LogP contribution >= 0.6 is 11.6 Å². The molecule has 0 bridgehead atoms. The maximum absolute atomic E-state index is 12.1. The van der Waals surface area contributed by atoms with E-state index in [-0.39, 0.29) is 5.78 Å². The van der Waals surface area contributed by atoms with Crippen molar-refractivity contribution in [3.8, 4) is 5.75 Å². The molecule has 1 aromatic heterocycles. The molecule has 0 aliphatic heterocycles. The van der Waals surface area contributed by atoms with Crippen molar-refractivity contribution in [2.75, 3.05) is 6.61 Å². The summed E-state index contributed by atoms with van der Waals surface area (Å²) in [5.41, 5.74) is 1.30. The van der Waals surface area contributed by atoms with Crippen LogP contribution in [-0.2, 0) is 0 Å². The minimum atomic E-state index is -0.550. The van der Waals surface area contributed by atoms with Crippen molar-refractivity contribution in [2.24, 2.45) is 0 Å². The first-order valence-corrected chi connectivity index (χ1v) is 6.77. The monoisotopic (exact) mass is 277 g/mol. The normalized spacial score (nSPS) is 12.4. The van der Waals surface area contributed by atoms with Gasteiger partial charge in [0.2, 0.25) is 0 Å². The maximum atomic E-state index is 12.1. The summed E-state index contributed by atoms with van der Waals surface area (Å²) in [5, 5.41) is 0.236. The van der Waals surface area contributed by atoms with E-state index >= 15 is 0 Å². The third-order valence-corrected chi connectivity index (χ3v) is 3.02. The highest BCUT2D eigenvalue weighted by atomic mass is 35.5. The van der Waals surface area contributed by atoms with Crippen LogP contribution in [0.4, 0.5) is 0 Å². The lowest BCUT2D eigenvalue weighted by Gasteiger charge is -2.11. The minimum Gasteiger partial charge on any atom is -0.491 e. The van der Waals surface area contributed by atoms with Gasteiger partial charge in [-0.25, -0.2) is 0 Å². The van der Waals surface area contributed by atoms with Crippen molar-refractivity contribution in [3.05, 3.63) is 36.0 Å². The topological polar surface area (TPSA) is 39.2 Å². The molecular formula is C15H16ClNO2. The first kappa shape index (κ1) is 13.8. The Bertz CT molecular complexity index is 596. The molecule has 100 valence electrons. The zero-order valence-corrected chi connectivity index (χ0v) is 11.8. The maximum Gasteiger partial charge on any atom is 0.181 e. The van der Waals surface area contributed by atoms with Gasteiger partial charge < -0.3 is 4.74 Å². The molecule has 0 radical (unpaired) electrons. The average molecular weight is 278 g/mol.